The Morgan fingerprint density at radius 2 is 2.00 bits per heavy atom. The number of oxime groups is 1. The fourth-order valence-corrected chi connectivity index (χ4v) is 0.207. The van der Waals surface area contributed by atoms with Crippen LogP contribution in [0.2, 0.25) is 0 Å². The van der Waals surface area contributed by atoms with E-state index in [2.05, 4.69) is 5.16 Å². The minimum atomic E-state index is -0.0900. The van der Waals surface area contributed by atoms with Crippen molar-refractivity contribution in [1.82, 2.24) is 0 Å². The standard InChI is InChI=1S/C5H3N3O/c6-3-5(4-7)1-2-8-9/h1-2,9H/b8-2+. The summed E-state index contributed by atoms with van der Waals surface area (Å²) in [5.74, 6) is 0. The molecule has 4 nitrogen and oxygen atoms in total. The maximum Gasteiger partial charge on any atom is 0.131 e. The van der Waals surface area contributed by atoms with Gasteiger partial charge in [-0.1, -0.05) is 5.16 Å². The maximum atomic E-state index is 8.07. The molecule has 0 aliphatic heterocycles. The molecule has 4 heteroatoms. The Bertz CT molecular complexity index is 199. The normalized spacial score (nSPS) is 7.78. The second kappa shape index (κ2) is 4.35. The molecule has 0 atom stereocenters. The van der Waals surface area contributed by atoms with Crippen molar-refractivity contribution >= 4 is 6.21 Å². The van der Waals surface area contributed by atoms with Crippen LogP contribution in [0, 0.1) is 22.7 Å². The Morgan fingerprint density at radius 1 is 1.44 bits per heavy atom. The summed E-state index contributed by atoms with van der Waals surface area (Å²) in [5.41, 5.74) is -0.0900. The zero-order chi connectivity index (χ0) is 7.11. The highest BCUT2D eigenvalue weighted by Crippen LogP contribution is 1.84. The summed E-state index contributed by atoms with van der Waals surface area (Å²) in [6, 6.07) is 3.17. The monoisotopic (exact) mass is 121 g/mol. The number of nitriles is 2. The van der Waals surface area contributed by atoms with Crippen LogP contribution in [0.25, 0.3) is 0 Å². The molecular formula is C5H3N3O. The molecule has 0 aliphatic rings. The fourth-order valence-electron chi connectivity index (χ4n) is 0.207. The molecule has 0 fully saturated rings. The summed E-state index contributed by atoms with van der Waals surface area (Å²) >= 11 is 0. The van der Waals surface area contributed by atoms with Gasteiger partial charge < -0.3 is 5.21 Å². The van der Waals surface area contributed by atoms with Crippen molar-refractivity contribution < 1.29 is 5.21 Å². The van der Waals surface area contributed by atoms with Gasteiger partial charge in [-0.2, -0.15) is 10.5 Å². The average molecular weight is 121 g/mol. The van der Waals surface area contributed by atoms with Crippen LogP contribution in [0.1, 0.15) is 0 Å². The molecule has 0 heterocycles. The van der Waals surface area contributed by atoms with Crippen molar-refractivity contribution in [2.45, 2.75) is 0 Å². The van der Waals surface area contributed by atoms with Crippen molar-refractivity contribution in [2.75, 3.05) is 0 Å². The van der Waals surface area contributed by atoms with Crippen molar-refractivity contribution in [3.63, 3.8) is 0 Å². The van der Waals surface area contributed by atoms with E-state index in [4.69, 9.17) is 15.7 Å². The van der Waals surface area contributed by atoms with Crippen LogP contribution in [-0.2, 0) is 0 Å². The van der Waals surface area contributed by atoms with E-state index < -0.39 is 0 Å². The van der Waals surface area contributed by atoms with Crippen LogP contribution in [0.15, 0.2) is 16.8 Å². The zero-order valence-corrected chi connectivity index (χ0v) is 4.44. The van der Waals surface area contributed by atoms with Gasteiger partial charge in [-0.25, -0.2) is 0 Å². The van der Waals surface area contributed by atoms with E-state index in [0.717, 1.165) is 12.3 Å². The zero-order valence-electron chi connectivity index (χ0n) is 4.44. The Hall–Kier alpha value is -1.81. The minimum Gasteiger partial charge on any atom is -0.411 e. The molecule has 0 spiro atoms. The van der Waals surface area contributed by atoms with Crippen LogP contribution in [0.3, 0.4) is 0 Å². The Balaban J connectivity index is 4.18. The van der Waals surface area contributed by atoms with Gasteiger partial charge in [0.25, 0.3) is 0 Å². The van der Waals surface area contributed by atoms with Crippen molar-refractivity contribution in [2.24, 2.45) is 5.16 Å². The van der Waals surface area contributed by atoms with Crippen LogP contribution in [0.5, 0.6) is 0 Å². The molecular weight excluding hydrogens is 118 g/mol. The van der Waals surface area contributed by atoms with E-state index in [-0.39, 0.29) is 5.57 Å². The third-order valence-electron chi connectivity index (χ3n) is 0.549. The average Bonchev–Trinajstić information content (AvgIpc) is 1.91. The number of hydrogen-bond acceptors (Lipinski definition) is 4. The van der Waals surface area contributed by atoms with E-state index in [1.807, 2.05) is 0 Å². The summed E-state index contributed by atoms with van der Waals surface area (Å²) < 4.78 is 0. The quantitative estimate of drug-likeness (QED) is 0.236. The summed E-state index contributed by atoms with van der Waals surface area (Å²) in [6.45, 7) is 0. The molecule has 1 N–H and O–H groups in total. The van der Waals surface area contributed by atoms with Gasteiger partial charge >= 0.3 is 0 Å². The second-order valence-electron chi connectivity index (χ2n) is 1.07. The lowest BCUT2D eigenvalue weighted by molar-refractivity contribution is 0.322. The van der Waals surface area contributed by atoms with Gasteiger partial charge in [0.2, 0.25) is 0 Å². The summed E-state index contributed by atoms with van der Waals surface area (Å²) in [7, 11) is 0. The maximum absolute atomic E-state index is 8.07. The molecule has 44 valence electrons. The molecule has 0 aromatic carbocycles. The summed E-state index contributed by atoms with van der Waals surface area (Å²) in [6.07, 6.45) is 2.07. The Kier molecular flexibility index (Phi) is 3.48. The molecule has 0 aliphatic carbocycles. The molecule has 0 saturated carbocycles. The first-order valence-corrected chi connectivity index (χ1v) is 2.03. The van der Waals surface area contributed by atoms with Gasteiger partial charge in [0, 0.05) is 0 Å². The number of nitrogens with zero attached hydrogens (tertiary/aromatic N) is 3. The SMILES string of the molecule is N#CC(C#N)=C/C=N/O. The summed E-state index contributed by atoms with van der Waals surface area (Å²) in [5, 5.41) is 26.5. The van der Waals surface area contributed by atoms with E-state index in [9.17, 15) is 0 Å². The van der Waals surface area contributed by atoms with Crippen molar-refractivity contribution in [1.29, 1.82) is 10.5 Å². The number of rotatable bonds is 1. The van der Waals surface area contributed by atoms with E-state index in [1.54, 1.807) is 12.1 Å². The van der Waals surface area contributed by atoms with Gasteiger partial charge in [0.05, 0.1) is 6.21 Å². The van der Waals surface area contributed by atoms with E-state index in [0.29, 0.717) is 0 Å². The molecule has 0 rings (SSSR count). The fraction of sp³-hybridized carbons (Fsp3) is 0. The molecule has 0 bridgehead atoms. The molecule has 0 saturated heterocycles. The largest absolute Gasteiger partial charge is 0.411 e. The third kappa shape index (κ3) is 2.84. The van der Waals surface area contributed by atoms with Crippen LogP contribution in [0.4, 0.5) is 0 Å². The van der Waals surface area contributed by atoms with Crippen LogP contribution >= 0.6 is 0 Å². The highest BCUT2D eigenvalue weighted by Gasteiger charge is 1.84. The van der Waals surface area contributed by atoms with Crippen LogP contribution < -0.4 is 0 Å². The van der Waals surface area contributed by atoms with Crippen molar-refractivity contribution in [3.05, 3.63) is 11.6 Å². The highest BCUT2D eigenvalue weighted by atomic mass is 16.4. The topological polar surface area (TPSA) is 80.2 Å². The Labute approximate surface area is 51.9 Å². The lowest BCUT2D eigenvalue weighted by Gasteiger charge is -1.71. The first-order valence-electron chi connectivity index (χ1n) is 2.03. The predicted molar refractivity (Wildman–Crippen MR) is 29.6 cm³/mol. The van der Waals surface area contributed by atoms with E-state index >= 15 is 0 Å². The van der Waals surface area contributed by atoms with Gasteiger partial charge in [-0.15, -0.1) is 0 Å². The Morgan fingerprint density at radius 3 is 2.33 bits per heavy atom. The second-order valence-corrected chi connectivity index (χ2v) is 1.07. The predicted octanol–water partition coefficient (Wildman–Crippen LogP) is 0.420. The molecule has 0 amide bonds. The van der Waals surface area contributed by atoms with Gasteiger partial charge in [-0.3, -0.25) is 0 Å². The molecule has 0 aromatic heterocycles. The number of allylic oxidation sites excluding steroid dienone is 2. The molecule has 0 radical (unpaired) electrons. The van der Waals surface area contributed by atoms with E-state index in [1.165, 1.54) is 0 Å². The lowest BCUT2D eigenvalue weighted by atomic mass is 10.3. The smallest absolute Gasteiger partial charge is 0.131 e. The van der Waals surface area contributed by atoms with Crippen molar-refractivity contribution in [3.8, 4) is 12.1 Å². The van der Waals surface area contributed by atoms with Crippen LogP contribution in [-0.4, -0.2) is 11.4 Å². The van der Waals surface area contributed by atoms with Gasteiger partial charge in [0.1, 0.15) is 17.7 Å². The minimum absolute atomic E-state index is 0.0900. The molecule has 0 unspecified atom stereocenters. The first-order chi connectivity index (χ1) is 4.35. The lowest BCUT2D eigenvalue weighted by Crippen LogP contribution is -1.72. The first kappa shape index (κ1) is 7.19. The van der Waals surface area contributed by atoms with Gasteiger partial charge in [0.15, 0.2) is 0 Å². The molecule has 9 heavy (non-hydrogen) atoms. The number of hydrogen-bond donors (Lipinski definition) is 1. The van der Waals surface area contributed by atoms with Gasteiger partial charge in [-0.05, 0) is 6.08 Å². The highest BCUT2D eigenvalue weighted by molar-refractivity contribution is 5.74. The third-order valence-corrected chi connectivity index (χ3v) is 0.549. The molecule has 0 aromatic rings. The summed E-state index contributed by atoms with van der Waals surface area (Å²) in [4.78, 5) is 0.